The van der Waals surface area contributed by atoms with Gasteiger partial charge in [-0.2, -0.15) is 0 Å². The summed E-state index contributed by atoms with van der Waals surface area (Å²) in [6.45, 7) is 7.86. The molecule has 3 heterocycles. The van der Waals surface area contributed by atoms with E-state index in [-0.39, 0.29) is 5.82 Å². The average molecular weight is 355 g/mol. The van der Waals surface area contributed by atoms with E-state index < -0.39 is 0 Å². The molecule has 5 nitrogen and oxygen atoms in total. The first-order valence-corrected chi connectivity index (χ1v) is 9.52. The summed E-state index contributed by atoms with van der Waals surface area (Å²) in [6.07, 6.45) is 4.36. The van der Waals surface area contributed by atoms with Crippen molar-refractivity contribution < 1.29 is 4.39 Å². The van der Waals surface area contributed by atoms with Crippen LogP contribution in [0.1, 0.15) is 24.1 Å². The van der Waals surface area contributed by atoms with Crippen molar-refractivity contribution in [1.29, 1.82) is 0 Å². The van der Waals surface area contributed by atoms with Crippen LogP contribution in [0, 0.1) is 5.82 Å². The van der Waals surface area contributed by atoms with Gasteiger partial charge in [0.05, 0.1) is 5.69 Å². The zero-order valence-electron chi connectivity index (χ0n) is 15.1. The van der Waals surface area contributed by atoms with E-state index in [1.165, 1.54) is 18.9 Å². The molecular weight excluding hydrogens is 329 g/mol. The lowest BCUT2D eigenvalue weighted by Crippen LogP contribution is -2.45. The van der Waals surface area contributed by atoms with Gasteiger partial charge in [-0.1, -0.05) is 12.1 Å². The molecule has 0 unspecified atom stereocenters. The highest BCUT2D eigenvalue weighted by atomic mass is 19.1. The third kappa shape index (κ3) is 4.37. The van der Waals surface area contributed by atoms with Crippen LogP contribution in [0.2, 0.25) is 0 Å². The van der Waals surface area contributed by atoms with Crippen molar-refractivity contribution >= 4 is 5.95 Å². The third-order valence-corrected chi connectivity index (χ3v) is 5.24. The Kier molecular flexibility index (Phi) is 5.41. The van der Waals surface area contributed by atoms with E-state index in [1.807, 2.05) is 18.3 Å². The van der Waals surface area contributed by atoms with Crippen molar-refractivity contribution in [3.63, 3.8) is 0 Å². The molecule has 0 N–H and O–H groups in total. The van der Waals surface area contributed by atoms with Crippen molar-refractivity contribution in [3.05, 3.63) is 53.6 Å². The van der Waals surface area contributed by atoms with Gasteiger partial charge in [0.25, 0.3) is 0 Å². The quantitative estimate of drug-likeness (QED) is 0.824. The Morgan fingerprint density at radius 1 is 0.885 bits per heavy atom. The first-order chi connectivity index (χ1) is 12.8. The molecule has 6 heteroatoms. The molecule has 1 aromatic heterocycles. The van der Waals surface area contributed by atoms with Crippen LogP contribution in [0.25, 0.3) is 0 Å². The largest absolute Gasteiger partial charge is 0.341 e. The van der Waals surface area contributed by atoms with Crippen LogP contribution in [0.15, 0.2) is 36.5 Å². The zero-order chi connectivity index (χ0) is 17.8. The van der Waals surface area contributed by atoms with Gasteiger partial charge >= 0.3 is 0 Å². The molecule has 2 saturated heterocycles. The van der Waals surface area contributed by atoms with Gasteiger partial charge in [0.1, 0.15) is 5.82 Å². The van der Waals surface area contributed by atoms with Gasteiger partial charge in [0.2, 0.25) is 5.95 Å². The fourth-order valence-electron chi connectivity index (χ4n) is 3.77. The van der Waals surface area contributed by atoms with E-state index in [9.17, 15) is 4.39 Å². The van der Waals surface area contributed by atoms with Crippen molar-refractivity contribution in [2.45, 2.75) is 25.9 Å². The summed E-state index contributed by atoms with van der Waals surface area (Å²) in [6, 6.07) is 8.94. The normalized spacial score (nSPS) is 19.2. The van der Waals surface area contributed by atoms with Crippen LogP contribution in [-0.4, -0.2) is 59.0 Å². The Balaban J connectivity index is 1.29. The molecule has 2 aromatic rings. The second-order valence-electron chi connectivity index (χ2n) is 7.22. The molecule has 26 heavy (non-hydrogen) atoms. The Hall–Kier alpha value is -2.05. The van der Waals surface area contributed by atoms with Gasteiger partial charge < -0.3 is 4.90 Å². The highest BCUT2D eigenvalue weighted by Crippen LogP contribution is 2.16. The monoisotopic (exact) mass is 355 g/mol. The number of rotatable bonds is 5. The van der Waals surface area contributed by atoms with Crippen LogP contribution in [0.3, 0.4) is 0 Å². The maximum Gasteiger partial charge on any atom is 0.225 e. The second kappa shape index (κ2) is 8.10. The Bertz CT molecular complexity index is 724. The van der Waals surface area contributed by atoms with Crippen molar-refractivity contribution in [2.75, 3.05) is 44.2 Å². The van der Waals surface area contributed by atoms with E-state index in [1.54, 1.807) is 12.1 Å². The number of hydrogen-bond acceptors (Lipinski definition) is 5. The fraction of sp³-hybridized carbons (Fsp3) is 0.500. The van der Waals surface area contributed by atoms with Gasteiger partial charge in [-0.15, -0.1) is 0 Å². The number of nitrogens with zero attached hydrogens (tertiary/aromatic N) is 5. The standard InChI is InChI=1S/C20H26FN5/c21-18-5-3-4-17(14-18)15-24-10-12-25(13-11-24)16-19-6-7-22-20(23-19)26-8-1-2-9-26/h3-7,14H,1-2,8-13,15-16H2. The first kappa shape index (κ1) is 17.4. The molecule has 0 radical (unpaired) electrons. The summed E-state index contributed by atoms with van der Waals surface area (Å²) < 4.78 is 13.3. The van der Waals surface area contributed by atoms with Crippen LogP contribution in [0.4, 0.5) is 10.3 Å². The molecular formula is C20H26FN5. The van der Waals surface area contributed by atoms with Crippen LogP contribution in [-0.2, 0) is 13.1 Å². The smallest absolute Gasteiger partial charge is 0.225 e. The van der Waals surface area contributed by atoms with Crippen LogP contribution >= 0.6 is 0 Å². The predicted octanol–water partition coefficient (Wildman–Crippen LogP) is 2.53. The second-order valence-corrected chi connectivity index (χ2v) is 7.22. The molecule has 4 rings (SSSR count). The fourth-order valence-corrected chi connectivity index (χ4v) is 3.77. The Labute approximate surface area is 154 Å². The summed E-state index contributed by atoms with van der Waals surface area (Å²) >= 11 is 0. The number of benzene rings is 1. The van der Waals surface area contributed by atoms with Gasteiger partial charge in [-0.05, 0) is 36.6 Å². The first-order valence-electron chi connectivity index (χ1n) is 9.52. The SMILES string of the molecule is Fc1cccc(CN2CCN(Cc3ccnc(N4CCCC4)n3)CC2)c1. The summed E-state index contributed by atoms with van der Waals surface area (Å²) in [5.74, 6) is 0.725. The Morgan fingerprint density at radius 2 is 1.62 bits per heavy atom. The molecule has 2 aliphatic heterocycles. The molecule has 138 valence electrons. The lowest BCUT2D eigenvalue weighted by atomic mass is 10.2. The Morgan fingerprint density at radius 3 is 2.35 bits per heavy atom. The number of anilines is 1. The number of piperazine rings is 1. The number of aromatic nitrogens is 2. The highest BCUT2D eigenvalue weighted by molar-refractivity contribution is 5.31. The van der Waals surface area contributed by atoms with Gasteiger partial charge in [-0.25, -0.2) is 14.4 Å². The minimum atomic E-state index is -0.154. The molecule has 0 spiro atoms. The van der Waals surface area contributed by atoms with E-state index in [0.29, 0.717) is 0 Å². The van der Waals surface area contributed by atoms with Crippen LogP contribution < -0.4 is 4.90 Å². The maximum atomic E-state index is 13.3. The molecule has 0 amide bonds. The predicted molar refractivity (Wildman–Crippen MR) is 100 cm³/mol. The van der Waals surface area contributed by atoms with Gasteiger partial charge in [-0.3, -0.25) is 9.80 Å². The van der Waals surface area contributed by atoms with E-state index in [4.69, 9.17) is 4.98 Å². The van der Waals surface area contributed by atoms with Crippen molar-refractivity contribution in [1.82, 2.24) is 19.8 Å². The van der Waals surface area contributed by atoms with Crippen molar-refractivity contribution in [2.24, 2.45) is 0 Å². The summed E-state index contributed by atoms with van der Waals surface area (Å²) in [7, 11) is 0. The lowest BCUT2D eigenvalue weighted by molar-refractivity contribution is 0.121. The van der Waals surface area contributed by atoms with Gasteiger partial charge in [0.15, 0.2) is 0 Å². The van der Waals surface area contributed by atoms with Crippen molar-refractivity contribution in [3.8, 4) is 0 Å². The lowest BCUT2D eigenvalue weighted by Gasteiger charge is -2.34. The minimum Gasteiger partial charge on any atom is -0.341 e. The summed E-state index contributed by atoms with van der Waals surface area (Å²) in [4.78, 5) is 16.3. The molecule has 2 fully saturated rings. The molecule has 0 bridgehead atoms. The number of halogens is 1. The average Bonchev–Trinajstić information content (AvgIpc) is 3.19. The van der Waals surface area contributed by atoms with E-state index >= 15 is 0 Å². The molecule has 0 atom stereocenters. The van der Waals surface area contributed by atoms with E-state index in [0.717, 1.165) is 69.6 Å². The maximum absolute atomic E-state index is 13.3. The third-order valence-electron chi connectivity index (χ3n) is 5.24. The summed E-state index contributed by atoms with van der Waals surface area (Å²) in [5, 5.41) is 0. The molecule has 0 saturated carbocycles. The molecule has 2 aliphatic rings. The van der Waals surface area contributed by atoms with E-state index in [2.05, 4.69) is 19.7 Å². The topological polar surface area (TPSA) is 35.5 Å². The van der Waals surface area contributed by atoms with Crippen LogP contribution in [0.5, 0.6) is 0 Å². The molecule has 1 aromatic carbocycles. The van der Waals surface area contributed by atoms with Gasteiger partial charge in [0, 0.05) is 58.6 Å². The highest BCUT2D eigenvalue weighted by Gasteiger charge is 2.19. The number of hydrogen-bond donors (Lipinski definition) is 0. The summed E-state index contributed by atoms with van der Waals surface area (Å²) in [5.41, 5.74) is 2.14. The minimum absolute atomic E-state index is 0.154. The molecule has 0 aliphatic carbocycles. The zero-order valence-corrected chi connectivity index (χ0v) is 15.1.